The summed E-state index contributed by atoms with van der Waals surface area (Å²) >= 11 is 6.19. The van der Waals surface area contributed by atoms with Gasteiger partial charge in [-0.05, 0) is 5.92 Å². The van der Waals surface area contributed by atoms with Crippen molar-refractivity contribution in [2.45, 2.75) is 26.8 Å². The summed E-state index contributed by atoms with van der Waals surface area (Å²) < 4.78 is 1.69. The molecule has 0 spiro atoms. The van der Waals surface area contributed by atoms with E-state index < -0.39 is 0 Å². The van der Waals surface area contributed by atoms with Crippen LogP contribution in [0.2, 0.25) is 5.15 Å². The molecule has 0 radical (unpaired) electrons. The zero-order valence-corrected chi connectivity index (χ0v) is 13.3. The number of nitriles is 1. The lowest BCUT2D eigenvalue weighted by molar-refractivity contribution is 0.236. The quantitative estimate of drug-likeness (QED) is 0.766. The molecule has 0 aliphatic rings. The molecule has 0 aliphatic carbocycles. The molecule has 0 fully saturated rings. The second-order valence-electron chi connectivity index (χ2n) is 5.47. The van der Waals surface area contributed by atoms with Crippen molar-refractivity contribution >= 4 is 22.6 Å². The van der Waals surface area contributed by atoms with Crippen molar-refractivity contribution in [3.63, 3.8) is 0 Å². The van der Waals surface area contributed by atoms with Crippen LogP contribution in [0.25, 0.3) is 11.0 Å². The van der Waals surface area contributed by atoms with Crippen molar-refractivity contribution in [3.05, 3.63) is 17.2 Å². The summed E-state index contributed by atoms with van der Waals surface area (Å²) in [6.07, 6.45) is 2.16. The number of rotatable bonds is 6. The van der Waals surface area contributed by atoms with Crippen molar-refractivity contribution in [1.82, 2.24) is 24.6 Å². The smallest absolute Gasteiger partial charge is 0.162 e. The van der Waals surface area contributed by atoms with E-state index in [0.29, 0.717) is 36.4 Å². The minimum Gasteiger partial charge on any atom is -0.295 e. The fraction of sp³-hybridized carbons (Fsp3) is 0.571. The first kappa shape index (κ1) is 15.7. The van der Waals surface area contributed by atoms with Crippen LogP contribution in [0.3, 0.4) is 0 Å². The maximum Gasteiger partial charge on any atom is 0.162 e. The summed E-state index contributed by atoms with van der Waals surface area (Å²) in [7, 11) is 1.83. The molecular weight excluding hydrogens is 288 g/mol. The molecular formula is C14H19ClN6. The molecule has 0 atom stereocenters. The maximum atomic E-state index is 8.77. The zero-order chi connectivity index (χ0) is 15.4. The summed E-state index contributed by atoms with van der Waals surface area (Å²) in [6, 6.07) is 2.18. The van der Waals surface area contributed by atoms with Crippen molar-refractivity contribution in [2.24, 2.45) is 13.0 Å². The molecule has 0 amide bonds. The van der Waals surface area contributed by atoms with Crippen LogP contribution < -0.4 is 0 Å². The number of aryl methyl sites for hydroxylation is 1. The van der Waals surface area contributed by atoms with Crippen molar-refractivity contribution in [3.8, 4) is 6.07 Å². The Morgan fingerprint density at radius 1 is 1.43 bits per heavy atom. The Kier molecular flexibility index (Phi) is 5.10. The van der Waals surface area contributed by atoms with E-state index in [4.69, 9.17) is 16.9 Å². The molecule has 2 aromatic rings. The molecule has 0 aromatic carbocycles. The molecule has 0 bridgehead atoms. The van der Waals surface area contributed by atoms with Gasteiger partial charge < -0.3 is 0 Å². The number of hydrogen-bond donors (Lipinski definition) is 0. The van der Waals surface area contributed by atoms with E-state index in [1.807, 2.05) is 7.05 Å². The highest BCUT2D eigenvalue weighted by molar-refractivity contribution is 6.33. The molecule has 0 saturated heterocycles. The van der Waals surface area contributed by atoms with E-state index in [1.54, 1.807) is 10.9 Å². The lowest BCUT2D eigenvalue weighted by atomic mass is 10.2. The average molecular weight is 307 g/mol. The molecule has 112 valence electrons. The Morgan fingerprint density at radius 3 is 2.86 bits per heavy atom. The van der Waals surface area contributed by atoms with Crippen LogP contribution >= 0.6 is 11.6 Å². The maximum absolute atomic E-state index is 8.77. The van der Waals surface area contributed by atoms with Gasteiger partial charge in [0.15, 0.2) is 5.65 Å². The normalized spacial score (nSPS) is 11.5. The SMILES string of the molecule is CC(C)CN(CCC#N)Cc1nc(Cl)c2cnn(C)c2n1. The summed E-state index contributed by atoms with van der Waals surface area (Å²) in [5.74, 6) is 1.18. The molecule has 0 saturated carbocycles. The van der Waals surface area contributed by atoms with Crippen LogP contribution in [-0.2, 0) is 13.6 Å². The van der Waals surface area contributed by atoms with Gasteiger partial charge in [0.2, 0.25) is 0 Å². The van der Waals surface area contributed by atoms with E-state index in [-0.39, 0.29) is 0 Å². The largest absolute Gasteiger partial charge is 0.295 e. The van der Waals surface area contributed by atoms with Crippen LogP contribution in [0.5, 0.6) is 0 Å². The second kappa shape index (κ2) is 6.83. The molecule has 2 aromatic heterocycles. The summed E-state index contributed by atoms with van der Waals surface area (Å²) in [5.41, 5.74) is 0.731. The van der Waals surface area contributed by atoms with Crippen molar-refractivity contribution in [1.29, 1.82) is 5.26 Å². The van der Waals surface area contributed by atoms with Crippen LogP contribution in [0.4, 0.5) is 0 Å². The fourth-order valence-electron chi connectivity index (χ4n) is 2.26. The number of fused-ring (bicyclic) bond motifs is 1. The third-order valence-electron chi connectivity index (χ3n) is 3.12. The van der Waals surface area contributed by atoms with E-state index in [1.165, 1.54) is 0 Å². The average Bonchev–Trinajstić information content (AvgIpc) is 2.78. The number of aromatic nitrogens is 4. The van der Waals surface area contributed by atoms with Crippen LogP contribution in [0, 0.1) is 17.2 Å². The van der Waals surface area contributed by atoms with Gasteiger partial charge in [-0.2, -0.15) is 10.4 Å². The Balaban J connectivity index is 2.23. The van der Waals surface area contributed by atoms with E-state index in [9.17, 15) is 0 Å². The molecule has 7 heteroatoms. The van der Waals surface area contributed by atoms with E-state index in [2.05, 4.69) is 39.9 Å². The molecule has 2 rings (SSSR count). The van der Waals surface area contributed by atoms with E-state index in [0.717, 1.165) is 17.6 Å². The molecule has 21 heavy (non-hydrogen) atoms. The number of hydrogen-bond acceptors (Lipinski definition) is 5. The minimum atomic E-state index is 0.424. The summed E-state index contributed by atoms with van der Waals surface area (Å²) in [4.78, 5) is 11.1. The highest BCUT2D eigenvalue weighted by atomic mass is 35.5. The van der Waals surface area contributed by atoms with E-state index >= 15 is 0 Å². The Morgan fingerprint density at radius 2 is 2.19 bits per heavy atom. The Hall–Kier alpha value is -1.71. The Bertz CT molecular complexity index is 657. The summed E-state index contributed by atoms with van der Waals surface area (Å²) in [5, 5.41) is 14.1. The first-order valence-corrected chi connectivity index (χ1v) is 7.32. The molecule has 2 heterocycles. The van der Waals surface area contributed by atoms with Gasteiger partial charge in [0.1, 0.15) is 11.0 Å². The highest BCUT2D eigenvalue weighted by Crippen LogP contribution is 2.20. The van der Waals surface area contributed by atoms with Gasteiger partial charge in [-0.1, -0.05) is 25.4 Å². The second-order valence-corrected chi connectivity index (χ2v) is 5.83. The molecule has 0 N–H and O–H groups in total. The van der Waals surface area contributed by atoms with Gasteiger partial charge in [0, 0.05) is 26.6 Å². The first-order valence-electron chi connectivity index (χ1n) is 6.94. The van der Waals surface area contributed by atoms with Crippen LogP contribution in [0.1, 0.15) is 26.1 Å². The number of halogens is 1. The standard InChI is InChI=1S/C14H19ClN6/c1-10(2)8-21(6-4-5-16)9-12-18-13(15)11-7-17-20(3)14(11)19-12/h7,10H,4,6,8-9H2,1-3H3. The van der Waals surface area contributed by atoms with Gasteiger partial charge in [-0.3, -0.25) is 9.58 Å². The minimum absolute atomic E-state index is 0.424. The lowest BCUT2D eigenvalue weighted by Gasteiger charge is -2.22. The monoisotopic (exact) mass is 306 g/mol. The number of nitrogens with zero attached hydrogens (tertiary/aromatic N) is 6. The van der Waals surface area contributed by atoms with Gasteiger partial charge in [0.25, 0.3) is 0 Å². The topological polar surface area (TPSA) is 70.6 Å². The van der Waals surface area contributed by atoms with Crippen LogP contribution in [0.15, 0.2) is 6.20 Å². The van der Waals surface area contributed by atoms with Crippen molar-refractivity contribution in [2.75, 3.05) is 13.1 Å². The molecule has 0 aliphatic heterocycles. The van der Waals surface area contributed by atoms with Crippen molar-refractivity contribution < 1.29 is 0 Å². The third-order valence-corrected chi connectivity index (χ3v) is 3.41. The van der Waals surface area contributed by atoms with Gasteiger partial charge >= 0.3 is 0 Å². The summed E-state index contributed by atoms with van der Waals surface area (Å²) in [6.45, 7) is 6.49. The van der Waals surface area contributed by atoms with Crippen LogP contribution in [-0.4, -0.2) is 37.7 Å². The zero-order valence-electron chi connectivity index (χ0n) is 12.5. The highest BCUT2D eigenvalue weighted by Gasteiger charge is 2.14. The van der Waals surface area contributed by atoms with Gasteiger partial charge in [-0.25, -0.2) is 9.97 Å². The predicted molar refractivity (Wildman–Crippen MR) is 81.7 cm³/mol. The van der Waals surface area contributed by atoms with Gasteiger partial charge in [-0.15, -0.1) is 0 Å². The first-order chi connectivity index (χ1) is 10.0. The predicted octanol–water partition coefficient (Wildman–Crippen LogP) is 2.39. The molecule has 6 nitrogen and oxygen atoms in total. The Labute approximate surface area is 129 Å². The molecule has 0 unspecified atom stereocenters. The fourth-order valence-corrected chi connectivity index (χ4v) is 2.49. The van der Waals surface area contributed by atoms with Gasteiger partial charge in [0.05, 0.1) is 24.2 Å². The lowest BCUT2D eigenvalue weighted by Crippen LogP contribution is -2.29. The third kappa shape index (κ3) is 3.90.